The monoisotopic (exact) mass is 178 g/mol. The molecule has 72 valence electrons. The van der Waals surface area contributed by atoms with Gasteiger partial charge in [-0.1, -0.05) is 6.58 Å². The summed E-state index contributed by atoms with van der Waals surface area (Å²) in [4.78, 5) is 8.51. The first-order valence-electron chi connectivity index (χ1n) is 4.32. The molecule has 2 heteroatoms. The number of nitrogens with zero attached hydrogens (tertiary/aromatic N) is 2. The van der Waals surface area contributed by atoms with Gasteiger partial charge in [-0.2, -0.15) is 0 Å². The molecule has 0 saturated heterocycles. The van der Waals surface area contributed by atoms with Crippen molar-refractivity contribution in [1.82, 2.24) is 0 Å². The van der Waals surface area contributed by atoms with Gasteiger partial charge in [0.25, 0.3) is 0 Å². The van der Waals surface area contributed by atoms with E-state index in [1.807, 2.05) is 34.6 Å². The molecule has 0 radical (unpaired) electrons. The molecular weight excluding hydrogens is 160 g/mol. The molecule has 0 unspecified atom stereocenters. The molecule has 0 aromatic heterocycles. The molecule has 0 aromatic carbocycles. The van der Waals surface area contributed by atoms with Crippen LogP contribution in [-0.4, -0.2) is 11.4 Å². The molecule has 0 aliphatic heterocycles. The molecule has 0 aliphatic carbocycles. The maximum Gasteiger partial charge on any atom is 0.0834 e. The van der Waals surface area contributed by atoms with E-state index >= 15 is 0 Å². The van der Waals surface area contributed by atoms with Crippen LogP contribution in [0.5, 0.6) is 0 Å². The number of aliphatic imine (C=N–C) groups is 2. The average molecular weight is 178 g/mol. The quantitative estimate of drug-likeness (QED) is 0.467. The molecule has 0 atom stereocenters. The predicted molar refractivity (Wildman–Crippen MR) is 60.5 cm³/mol. The standard InChI is InChI=1S/C11H18N2/c1-8(2)11(13-10(5)6)7-12-9(3)4/h7H,1H2,2-6H3/b11-7+. The van der Waals surface area contributed by atoms with Crippen LogP contribution in [0.3, 0.4) is 0 Å². The van der Waals surface area contributed by atoms with Crippen molar-refractivity contribution >= 4 is 11.4 Å². The molecule has 0 heterocycles. The van der Waals surface area contributed by atoms with Gasteiger partial charge in [0, 0.05) is 11.4 Å². The van der Waals surface area contributed by atoms with Crippen molar-refractivity contribution in [2.45, 2.75) is 34.6 Å². The number of hydrogen-bond acceptors (Lipinski definition) is 2. The zero-order valence-corrected chi connectivity index (χ0v) is 9.18. The van der Waals surface area contributed by atoms with Gasteiger partial charge in [-0.3, -0.25) is 9.98 Å². The summed E-state index contributed by atoms with van der Waals surface area (Å²) in [5, 5.41) is 0. The van der Waals surface area contributed by atoms with Gasteiger partial charge in [-0.15, -0.1) is 0 Å². The van der Waals surface area contributed by atoms with E-state index in [4.69, 9.17) is 0 Å². The van der Waals surface area contributed by atoms with E-state index in [0.29, 0.717) is 0 Å². The molecule has 0 N–H and O–H groups in total. The van der Waals surface area contributed by atoms with E-state index in [0.717, 1.165) is 22.7 Å². The van der Waals surface area contributed by atoms with Gasteiger partial charge in [-0.25, -0.2) is 0 Å². The van der Waals surface area contributed by atoms with Gasteiger partial charge in [-0.05, 0) is 40.2 Å². The van der Waals surface area contributed by atoms with Gasteiger partial charge in [0.15, 0.2) is 0 Å². The second kappa shape index (κ2) is 5.46. The lowest BCUT2D eigenvalue weighted by molar-refractivity contribution is 1.25. The summed E-state index contributed by atoms with van der Waals surface area (Å²) in [7, 11) is 0. The van der Waals surface area contributed by atoms with E-state index in [1.54, 1.807) is 6.20 Å². The Morgan fingerprint density at radius 1 is 1.00 bits per heavy atom. The molecule has 0 saturated carbocycles. The highest BCUT2D eigenvalue weighted by atomic mass is 14.8. The lowest BCUT2D eigenvalue weighted by atomic mass is 10.2. The van der Waals surface area contributed by atoms with Crippen LogP contribution in [0.25, 0.3) is 0 Å². The Hall–Kier alpha value is -1.18. The summed E-state index contributed by atoms with van der Waals surface area (Å²) in [6.45, 7) is 13.6. The summed E-state index contributed by atoms with van der Waals surface area (Å²) >= 11 is 0. The van der Waals surface area contributed by atoms with Gasteiger partial charge < -0.3 is 0 Å². The van der Waals surface area contributed by atoms with Crippen LogP contribution >= 0.6 is 0 Å². The van der Waals surface area contributed by atoms with E-state index in [9.17, 15) is 0 Å². The Balaban J connectivity index is 4.83. The van der Waals surface area contributed by atoms with Crippen molar-refractivity contribution in [3.05, 3.63) is 24.0 Å². The Kier molecular flexibility index (Phi) is 4.97. The third kappa shape index (κ3) is 6.02. The summed E-state index contributed by atoms with van der Waals surface area (Å²) in [5.41, 5.74) is 3.81. The maximum atomic E-state index is 4.32. The summed E-state index contributed by atoms with van der Waals surface area (Å²) in [6, 6.07) is 0. The van der Waals surface area contributed by atoms with E-state index in [2.05, 4.69) is 16.6 Å². The SMILES string of the molecule is C=C(C)/C(=C\N=C(C)C)N=C(C)C. The fourth-order valence-corrected chi connectivity index (χ4v) is 0.666. The number of rotatable bonds is 3. The van der Waals surface area contributed by atoms with Crippen molar-refractivity contribution in [2.75, 3.05) is 0 Å². The van der Waals surface area contributed by atoms with Crippen molar-refractivity contribution < 1.29 is 0 Å². The Bertz CT molecular complexity index is 272. The molecule has 0 rings (SSSR count). The van der Waals surface area contributed by atoms with E-state index in [1.165, 1.54) is 0 Å². The molecular formula is C11H18N2. The molecule has 13 heavy (non-hydrogen) atoms. The first-order chi connectivity index (χ1) is 5.93. The normalized spacial score (nSPS) is 10.7. The van der Waals surface area contributed by atoms with E-state index in [-0.39, 0.29) is 0 Å². The molecule has 0 spiro atoms. The maximum absolute atomic E-state index is 4.32. The second-order valence-electron chi connectivity index (χ2n) is 3.43. The highest BCUT2D eigenvalue weighted by Crippen LogP contribution is 2.09. The Morgan fingerprint density at radius 3 is 1.85 bits per heavy atom. The van der Waals surface area contributed by atoms with Crippen molar-refractivity contribution in [3.8, 4) is 0 Å². The summed E-state index contributed by atoms with van der Waals surface area (Å²) < 4.78 is 0. The zero-order valence-electron chi connectivity index (χ0n) is 9.18. The molecule has 0 aromatic rings. The molecule has 0 amide bonds. The molecule has 0 fully saturated rings. The highest BCUT2D eigenvalue weighted by molar-refractivity contribution is 5.81. The van der Waals surface area contributed by atoms with Gasteiger partial charge in [0.05, 0.1) is 11.9 Å². The minimum Gasteiger partial charge on any atom is -0.264 e. The van der Waals surface area contributed by atoms with E-state index < -0.39 is 0 Å². The molecule has 0 aliphatic rings. The Morgan fingerprint density at radius 2 is 1.54 bits per heavy atom. The van der Waals surface area contributed by atoms with Crippen LogP contribution < -0.4 is 0 Å². The van der Waals surface area contributed by atoms with Crippen LogP contribution in [0, 0.1) is 0 Å². The van der Waals surface area contributed by atoms with Crippen LogP contribution in [0.1, 0.15) is 34.6 Å². The predicted octanol–water partition coefficient (Wildman–Crippen LogP) is 3.37. The number of allylic oxidation sites excluding steroid dienone is 1. The van der Waals surface area contributed by atoms with Crippen LogP contribution in [0.2, 0.25) is 0 Å². The van der Waals surface area contributed by atoms with Crippen LogP contribution in [0.15, 0.2) is 34.0 Å². The molecule has 0 bridgehead atoms. The van der Waals surface area contributed by atoms with Crippen molar-refractivity contribution in [2.24, 2.45) is 9.98 Å². The fraction of sp³-hybridized carbons (Fsp3) is 0.455. The third-order valence-electron chi connectivity index (χ3n) is 1.23. The zero-order chi connectivity index (χ0) is 10.4. The topological polar surface area (TPSA) is 24.7 Å². The Labute approximate surface area is 80.8 Å². The first kappa shape index (κ1) is 11.8. The summed E-state index contributed by atoms with van der Waals surface area (Å²) in [6.07, 6.45) is 1.75. The number of hydrogen-bond donors (Lipinski definition) is 0. The third-order valence-corrected chi connectivity index (χ3v) is 1.23. The second-order valence-corrected chi connectivity index (χ2v) is 3.43. The van der Waals surface area contributed by atoms with Gasteiger partial charge >= 0.3 is 0 Å². The smallest absolute Gasteiger partial charge is 0.0834 e. The van der Waals surface area contributed by atoms with Gasteiger partial charge in [0.1, 0.15) is 0 Å². The minimum atomic E-state index is 0.848. The minimum absolute atomic E-state index is 0.848. The summed E-state index contributed by atoms with van der Waals surface area (Å²) in [5.74, 6) is 0. The largest absolute Gasteiger partial charge is 0.264 e. The van der Waals surface area contributed by atoms with Crippen LogP contribution in [-0.2, 0) is 0 Å². The lowest BCUT2D eigenvalue weighted by Gasteiger charge is -1.99. The van der Waals surface area contributed by atoms with Crippen LogP contribution in [0.4, 0.5) is 0 Å². The average Bonchev–Trinajstić information content (AvgIpc) is 1.96. The van der Waals surface area contributed by atoms with Crippen molar-refractivity contribution in [1.29, 1.82) is 0 Å². The fourth-order valence-electron chi connectivity index (χ4n) is 0.666. The highest BCUT2D eigenvalue weighted by Gasteiger charge is 1.93. The van der Waals surface area contributed by atoms with Crippen molar-refractivity contribution in [3.63, 3.8) is 0 Å². The lowest BCUT2D eigenvalue weighted by Crippen LogP contribution is -1.87. The molecule has 2 nitrogen and oxygen atoms in total. The van der Waals surface area contributed by atoms with Gasteiger partial charge in [0.2, 0.25) is 0 Å². The first-order valence-corrected chi connectivity index (χ1v) is 4.32.